The lowest BCUT2D eigenvalue weighted by atomic mass is 9.74. The molecule has 2 aromatic heterocycles. The number of phenolic OH excluding ortho intramolecular Hbond substituents is 1. The standard InChI is InChI=1S/C21H20F4N2O3/c1-19(2,15-9-13(22)3-4-18(15)29)11-20(30,21(23,24)25)12-27-8-6-17(28)14-10-26-7-5-16(14)27/h3-10,29-30H,11-12H2,1-2H3. The van der Waals surface area contributed by atoms with Gasteiger partial charge in [-0.1, -0.05) is 13.8 Å². The summed E-state index contributed by atoms with van der Waals surface area (Å²) >= 11 is 0. The number of rotatable bonds is 5. The highest BCUT2D eigenvalue weighted by atomic mass is 19.4. The molecule has 1 unspecified atom stereocenters. The average molecular weight is 424 g/mol. The van der Waals surface area contributed by atoms with Crippen molar-refractivity contribution in [2.45, 2.75) is 44.0 Å². The number of halogens is 4. The van der Waals surface area contributed by atoms with Crippen LogP contribution in [0.2, 0.25) is 0 Å². The zero-order valence-electron chi connectivity index (χ0n) is 16.2. The van der Waals surface area contributed by atoms with Crippen LogP contribution in [0.4, 0.5) is 17.6 Å². The molecule has 0 amide bonds. The minimum atomic E-state index is -5.05. The predicted octanol–water partition coefficient (Wildman–Crippen LogP) is 3.90. The van der Waals surface area contributed by atoms with Crippen LogP contribution in [0.3, 0.4) is 0 Å². The molecule has 2 heterocycles. The minimum Gasteiger partial charge on any atom is -0.508 e. The highest BCUT2D eigenvalue weighted by Gasteiger charge is 2.56. The molecule has 3 aromatic rings. The molecule has 1 atom stereocenters. The predicted molar refractivity (Wildman–Crippen MR) is 103 cm³/mol. The van der Waals surface area contributed by atoms with E-state index >= 15 is 0 Å². The van der Waals surface area contributed by atoms with Crippen LogP contribution in [0.25, 0.3) is 10.9 Å². The number of aliphatic hydroxyl groups is 1. The molecule has 5 nitrogen and oxygen atoms in total. The maximum absolute atomic E-state index is 14.0. The number of benzene rings is 1. The molecule has 0 aliphatic carbocycles. The zero-order chi connectivity index (χ0) is 22.3. The van der Waals surface area contributed by atoms with Gasteiger partial charge in [-0.15, -0.1) is 0 Å². The van der Waals surface area contributed by atoms with E-state index in [1.165, 1.54) is 38.5 Å². The zero-order valence-corrected chi connectivity index (χ0v) is 16.2. The number of hydrogen-bond donors (Lipinski definition) is 2. The number of aromatic nitrogens is 2. The summed E-state index contributed by atoms with van der Waals surface area (Å²) < 4.78 is 56.9. The molecule has 30 heavy (non-hydrogen) atoms. The lowest BCUT2D eigenvalue weighted by Crippen LogP contribution is -2.52. The summed E-state index contributed by atoms with van der Waals surface area (Å²) in [6.07, 6.45) is -2.15. The first-order valence-corrected chi connectivity index (χ1v) is 9.05. The Morgan fingerprint density at radius 1 is 1.13 bits per heavy atom. The fraction of sp³-hybridized carbons (Fsp3) is 0.333. The van der Waals surface area contributed by atoms with E-state index in [2.05, 4.69) is 4.98 Å². The van der Waals surface area contributed by atoms with Crippen molar-refractivity contribution < 1.29 is 27.8 Å². The summed E-state index contributed by atoms with van der Waals surface area (Å²) in [6.45, 7) is 1.86. The van der Waals surface area contributed by atoms with Crippen LogP contribution in [0.15, 0.2) is 53.7 Å². The highest BCUT2D eigenvalue weighted by Crippen LogP contribution is 2.44. The summed E-state index contributed by atoms with van der Waals surface area (Å²) in [7, 11) is 0. The van der Waals surface area contributed by atoms with Crippen molar-refractivity contribution in [3.8, 4) is 5.75 Å². The third kappa shape index (κ3) is 4.02. The third-order valence-electron chi connectivity index (χ3n) is 5.16. The molecule has 9 heteroatoms. The molecule has 0 aliphatic heterocycles. The lowest BCUT2D eigenvalue weighted by Gasteiger charge is -2.38. The van der Waals surface area contributed by atoms with Gasteiger partial charge in [0.05, 0.1) is 17.4 Å². The largest absolute Gasteiger partial charge is 0.508 e. The topological polar surface area (TPSA) is 75.4 Å². The lowest BCUT2D eigenvalue weighted by molar-refractivity contribution is -0.271. The van der Waals surface area contributed by atoms with Gasteiger partial charge >= 0.3 is 6.18 Å². The van der Waals surface area contributed by atoms with Crippen molar-refractivity contribution in [2.24, 2.45) is 0 Å². The van der Waals surface area contributed by atoms with Crippen molar-refractivity contribution in [3.63, 3.8) is 0 Å². The van der Waals surface area contributed by atoms with E-state index in [0.717, 1.165) is 28.8 Å². The second kappa shape index (κ2) is 7.39. The molecular weight excluding hydrogens is 404 g/mol. The summed E-state index contributed by atoms with van der Waals surface area (Å²) in [6, 6.07) is 5.49. The molecule has 1 aromatic carbocycles. The first kappa shape index (κ1) is 21.8. The average Bonchev–Trinajstić information content (AvgIpc) is 2.65. The van der Waals surface area contributed by atoms with E-state index in [1.807, 2.05) is 0 Å². The van der Waals surface area contributed by atoms with Gasteiger partial charge < -0.3 is 14.8 Å². The van der Waals surface area contributed by atoms with Gasteiger partial charge in [-0.25, -0.2) is 4.39 Å². The van der Waals surface area contributed by atoms with Gasteiger partial charge in [-0.2, -0.15) is 13.2 Å². The van der Waals surface area contributed by atoms with Gasteiger partial charge in [-0.05, 0) is 36.1 Å². The quantitative estimate of drug-likeness (QED) is 0.609. The molecule has 0 fully saturated rings. The Morgan fingerprint density at radius 3 is 2.50 bits per heavy atom. The van der Waals surface area contributed by atoms with Crippen LogP contribution in [0, 0.1) is 5.82 Å². The Bertz CT molecular complexity index is 1140. The Labute approximate surface area is 169 Å². The molecule has 0 saturated carbocycles. The second-order valence-corrected chi connectivity index (χ2v) is 7.95. The maximum Gasteiger partial charge on any atom is 0.418 e. The van der Waals surface area contributed by atoms with Crippen LogP contribution in [-0.4, -0.2) is 31.5 Å². The molecule has 0 spiro atoms. The first-order chi connectivity index (χ1) is 13.8. The number of aromatic hydroxyl groups is 1. The Morgan fingerprint density at radius 2 is 1.83 bits per heavy atom. The monoisotopic (exact) mass is 424 g/mol. The van der Waals surface area contributed by atoms with Crippen LogP contribution in [0.5, 0.6) is 5.75 Å². The minimum absolute atomic E-state index is 0.0564. The van der Waals surface area contributed by atoms with Gasteiger partial charge in [0.15, 0.2) is 11.0 Å². The maximum atomic E-state index is 14.0. The Kier molecular flexibility index (Phi) is 5.36. The third-order valence-corrected chi connectivity index (χ3v) is 5.16. The fourth-order valence-electron chi connectivity index (χ4n) is 3.70. The van der Waals surface area contributed by atoms with Crippen molar-refractivity contribution in [1.29, 1.82) is 0 Å². The fourth-order valence-corrected chi connectivity index (χ4v) is 3.70. The number of alkyl halides is 3. The number of nitrogens with zero attached hydrogens (tertiary/aromatic N) is 2. The van der Waals surface area contributed by atoms with Crippen LogP contribution < -0.4 is 5.43 Å². The van der Waals surface area contributed by atoms with Gasteiger partial charge in [0.25, 0.3) is 0 Å². The van der Waals surface area contributed by atoms with Crippen LogP contribution in [-0.2, 0) is 12.0 Å². The van der Waals surface area contributed by atoms with Crippen molar-refractivity contribution >= 4 is 10.9 Å². The van der Waals surface area contributed by atoms with E-state index in [4.69, 9.17) is 0 Å². The first-order valence-electron chi connectivity index (χ1n) is 9.05. The van der Waals surface area contributed by atoms with Crippen LogP contribution in [0.1, 0.15) is 25.8 Å². The normalized spacial score (nSPS) is 14.6. The molecule has 0 saturated heterocycles. The Balaban J connectivity index is 2.07. The van der Waals surface area contributed by atoms with E-state index < -0.39 is 41.4 Å². The SMILES string of the molecule is CC(C)(CC(O)(Cn1ccc(=O)c2cnccc21)C(F)(F)F)c1cc(F)ccc1O. The summed E-state index contributed by atoms with van der Waals surface area (Å²) in [5.74, 6) is -1.09. The molecule has 0 aliphatic rings. The van der Waals surface area contributed by atoms with Crippen molar-refractivity contribution in [2.75, 3.05) is 0 Å². The van der Waals surface area contributed by atoms with Crippen molar-refractivity contribution in [3.05, 3.63) is 70.5 Å². The van der Waals surface area contributed by atoms with E-state index in [-0.39, 0.29) is 22.2 Å². The molecule has 2 N–H and O–H groups in total. The number of pyridine rings is 2. The highest BCUT2D eigenvalue weighted by molar-refractivity contribution is 5.77. The van der Waals surface area contributed by atoms with E-state index in [0.29, 0.717) is 0 Å². The molecule has 0 radical (unpaired) electrons. The summed E-state index contributed by atoms with van der Waals surface area (Å²) in [5, 5.41) is 20.9. The Hall–Kier alpha value is -2.94. The van der Waals surface area contributed by atoms with E-state index in [9.17, 15) is 32.6 Å². The number of hydrogen-bond acceptors (Lipinski definition) is 4. The molecular formula is C21H20F4N2O3. The van der Waals surface area contributed by atoms with Crippen LogP contribution >= 0.6 is 0 Å². The van der Waals surface area contributed by atoms with Crippen molar-refractivity contribution in [1.82, 2.24) is 9.55 Å². The van der Waals surface area contributed by atoms with Gasteiger partial charge in [0.2, 0.25) is 0 Å². The molecule has 160 valence electrons. The summed E-state index contributed by atoms with van der Waals surface area (Å²) in [5.41, 5.74) is -4.95. The second-order valence-electron chi connectivity index (χ2n) is 7.95. The number of fused-ring (bicyclic) bond motifs is 1. The molecule has 3 rings (SSSR count). The van der Waals surface area contributed by atoms with Gasteiger partial charge in [0.1, 0.15) is 11.6 Å². The smallest absolute Gasteiger partial charge is 0.418 e. The molecule has 0 bridgehead atoms. The van der Waals surface area contributed by atoms with Gasteiger partial charge in [-0.3, -0.25) is 9.78 Å². The number of phenols is 1. The van der Waals surface area contributed by atoms with Gasteiger partial charge in [0, 0.05) is 30.2 Å². The van der Waals surface area contributed by atoms with E-state index in [1.54, 1.807) is 0 Å². The summed E-state index contributed by atoms with van der Waals surface area (Å²) in [4.78, 5) is 15.8.